The van der Waals surface area contributed by atoms with E-state index >= 15 is 0 Å². The smallest absolute Gasteiger partial charge is 0.242 e. The van der Waals surface area contributed by atoms with Gasteiger partial charge in [0.25, 0.3) is 0 Å². The number of rotatable bonds is 5. The molecule has 1 saturated heterocycles. The highest BCUT2D eigenvalue weighted by atomic mass is 16.3. The van der Waals surface area contributed by atoms with Crippen LogP contribution >= 0.6 is 0 Å². The van der Waals surface area contributed by atoms with Crippen molar-refractivity contribution in [3.63, 3.8) is 0 Å². The standard InChI is InChI=1S/C31H47N3O4/c1-29(2,3)18-27(36)32-19-28(37)34-15-13-33(14-16-34)20-31(38)12-10-26-25-7-5-21-17-22(35)6-8-23(21)24(25)9-11-30(26,31)4/h6,8,17,24-26,35,38H,5,7,9-16,18-20H2,1-4H3,(H,32,36)/t24-,25-,26+,30+,31-/m1/s1. The first-order valence-electron chi connectivity index (χ1n) is 14.7. The van der Waals surface area contributed by atoms with Gasteiger partial charge in [0.2, 0.25) is 11.8 Å². The van der Waals surface area contributed by atoms with Crippen molar-refractivity contribution in [2.75, 3.05) is 39.3 Å². The van der Waals surface area contributed by atoms with E-state index in [1.165, 1.54) is 11.1 Å². The number of β-amino-alcohol motifs (C(OH)–C–C–N with tert-alkyl or cyclic N) is 1. The summed E-state index contributed by atoms with van der Waals surface area (Å²) in [6.45, 7) is 11.9. The number of aromatic hydroxyl groups is 1. The minimum Gasteiger partial charge on any atom is -0.508 e. The molecular formula is C31H47N3O4. The van der Waals surface area contributed by atoms with Crippen LogP contribution in [0.15, 0.2) is 18.2 Å². The van der Waals surface area contributed by atoms with E-state index in [-0.39, 0.29) is 29.2 Å². The third-order valence-electron chi connectivity index (χ3n) is 10.4. The zero-order valence-corrected chi connectivity index (χ0v) is 23.8. The Bertz CT molecular complexity index is 1060. The Kier molecular flexibility index (Phi) is 7.31. The minimum atomic E-state index is -0.703. The predicted octanol–water partition coefficient (Wildman–Crippen LogP) is 3.68. The molecule has 210 valence electrons. The molecule has 0 aromatic heterocycles. The summed E-state index contributed by atoms with van der Waals surface area (Å²) < 4.78 is 0. The number of piperazine rings is 1. The molecule has 1 aliphatic heterocycles. The maximum atomic E-state index is 12.7. The number of phenolic OH excluding ortho intramolecular Hbond substituents is 1. The lowest BCUT2D eigenvalue weighted by molar-refractivity contribution is -0.137. The fourth-order valence-corrected chi connectivity index (χ4v) is 8.29. The van der Waals surface area contributed by atoms with Gasteiger partial charge in [0.1, 0.15) is 5.75 Å². The maximum Gasteiger partial charge on any atom is 0.242 e. The van der Waals surface area contributed by atoms with E-state index in [2.05, 4.69) is 23.2 Å². The van der Waals surface area contributed by atoms with Gasteiger partial charge in [0, 0.05) is 44.6 Å². The summed E-state index contributed by atoms with van der Waals surface area (Å²) in [5, 5.41) is 24.9. The fraction of sp³-hybridized carbons (Fsp3) is 0.742. The van der Waals surface area contributed by atoms with Crippen LogP contribution in [0.5, 0.6) is 5.75 Å². The van der Waals surface area contributed by atoms with E-state index in [9.17, 15) is 19.8 Å². The Hall–Kier alpha value is -2.12. The molecule has 7 heteroatoms. The van der Waals surface area contributed by atoms with Gasteiger partial charge >= 0.3 is 0 Å². The number of hydrogen-bond donors (Lipinski definition) is 3. The molecule has 3 N–H and O–H groups in total. The average Bonchev–Trinajstić information content (AvgIpc) is 3.11. The molecule has 7 nitrogen and oxygen atoms in total. The highest BCUT2D eigenvalue weighted by molar-refractivity contribution is 5.85. The van der Waals surface area contributed by atoms with E-state index in [1.807, 2.05) is 37.8 Å². The van der Waals surface area contributed by atoms with Crippen LogP contribution in [0.2, 0.25) is 0 Å². The van der Waals surface area contributed by atoms with Gasteiger partial charge in [-0.25, -0.2) is 0 Å². The number of aliphatic hydroxyl groups is 1. The Morgan fingerprint density at radius 1 is 1.08 bits per heavy atom. The van der Waals surface area contributed by atoms with Gasteiger partial charge in [0.15, 0.2) is 0 Å². The molecule has 3 fully saturated rings. The molecule has 4 aliphatic rings. The number of aryl methyl sites for hydroxylation is 1. The van der Waals surface area contributed by atoms with Crippen LogP contribution in [0.3, 0.4) is 0 Å². The highest BCUT2D eigenvalue weighted by Gasteiger charge is 2.61. The Balaban J connectivity index is 1.16. The van der Waals surface area contributed by atoms with E-state index < -0.39 is 5.60 Å². The molecular weight excluding hydrogens is 478 g/mol. The van der Waals surface area contributed by atoms with E-state index in [0.29, 0.717) is 49.6 Å². The van der Waals surface area contributed by atoms with Crippen molar-refractivity contribution >= 4 is 11.8 Å². The number of fused-ring (bicyclic) bond motifs is 5. The summed E-state index contributed by atoms with van der Waals surface area (Å²) in [4.78, 5) is 29.0. The second kappa shape index (κ2) is 10.1. The third-order valence-corrected chi connectivity index (χ3v) is 10.4. The molecule has 5 atom stereocenters. The molecule has 0 unspecified atom stereocenters. The van der Waals surface area contributed by atoms with Crippen LogP contribution in [0.1, 0.15) is 83.3 Å². The fourth-order valence-electron chi connectivity index (χ4n) is 8.29. The van der Waals surface area contributed by atoms with Gasteiger partial charge in [-0.05, 0) is 85.0 Å². The first-order chi connectivity index (χ1) is 17.9. The predicted molar refractivity (Wildman–Crippen MR) is 148 cm³/mol. The largest absolute Gasteiger partial charge is 0.508 e. The van der Waals surface area contributed by atoms with Gasteiger partial charge in [-0.15, -0.1) is 0 Å². The summed E-state index contributed by atoms with van der Waals surface area (Å²) in [5.74, 6) is 1.92. The van der Waals surface area contributed by atoms with Crippen molar-refractivity contribution in [1.29, 1.82) is 0 Å². The number of benzene rings is 1. The lowest BCUT2D eigenvalue weighted by Crippen LogP contribution is -2.59. The van der Waals surface area contributed by atoms with Crippen LogP contribution in [-0.2, 0) is 16.0 Å². The molecule has 2 saturated carbocycles. The van der Waals surface area contributed by atoms with Gasteiger partial charge in [0.05, 0.1) is 12.1 Å². The monoisotopic (exact) mass is 525 g/mol. The highest BCUT2D eigenvalue weighted by Crippen LogP contribution is 2.64. The van der Waals surface area contributed by atoms with Crippen LogP contribution in [0.4, 0.5) is 0 Å². The summed E-state index contributed by atoms with van der Waals surface area (Å²) >= 11 is 0. The number of phenols is 1. The minimum absolute atomic E-state index is 0.0252. The van der Waals surface area contributed by atoms with Crippen molar-refractivity contribution in [1.82, 2.24) is 15.1 Å². The number of nitrogens with one attached hydrogen (secondary N) is 1. The van der Waals surface area contributed by atoms with Gasteiger partial charge in [-0.2, -0.15) is 0 Å². The van der Waals surface area contributed by atoms with Crippen LogP contribution in [0.25, 0.3) is 0 Å². The molecule has 3 aliphatic carbocycles. The zero-order valence-electron chi connectivity index (χ0n) is 23.8. The molecule has 1 aromatic rings. The number of amides is 2. The summed E-state index contributed by atoms with van der Waals surface area (Å²) in [6.07, 6.45) is 6.62. The van der Waals surface area contributed by atoms with E-state index in [0.717, 1.165) is 51.6 Å². The van der Waals surface area contributed by atoms with Gasteiger partial charge in [-0.3, -0.25) is 14.5 Å². The Morgan fingerprint density at radius 3 is 2.53 bits per heavy atom. The Morgan fingerprint density at radius 2 is 1.82 bits per heavy atom. The second-order valence-corrected chi connectivity index (χ2v) is 14.0. The quantitative estimate of drug-likeness (QED) is 0.546. The molecule has 1 heterocycles. The third kappa shape index (κ3) is 5.21. The number of carbonyl (C=O) groups excluding carboxylic acids is 2. The molecule has 0 spiro atoms. The molecule has 2 amide bonds. The lowest BCUT2D eigenvalue weighted by Gasteiger charge is -2.54. The molecule has 38 heavy (non-hydrogen) atoms. The van der Waals surface area contributed by atoms with Crippen molar-refractivity contribution in [3.05, 3.63) is 29.3 Å². The average molecular weight is 526 g/mol. The van der Waals surface area contributed by atoms with Crippen molar-refractivity contribution in [3.8, 4) is 5.75 Å². The van der Waals surface area contributed by atoms with Crippen molar-refractivity contribution < 1.29 is 19.8 Å². The molecule has 1 aromatic carbocycles. The summed E-state index contributed by atoms with van der Waals surface area (Å²) in [7, 11) is 0. The number of carbonyl (C=O) groups is 2. The van der Waals surface area contributed by atoms with Gasteiger partial charge in [-0.1, -0.05) is 33.8 Å². The lowest BCUT2D eigenvalue weighted by atomic mass is 9.53. The van der Waals surface area contributed by atoms with E-state index in [4.69, 9.17) is 0 Å². The summed E-state index contributed by atoms with van der Waals surface area (Å²) in [6, 6.07) is 5.93. The topological polar surface area (TPSA) is 93.1 Å². The SMILES string of the molecule is CC(C)(C)CC(=O)NCC(=O)N1CCN(C[C@]2(O)CC[C@H]3[C@@H]4CCc5cc(O)ccc5[C@H]4CC[C@@]32C)CC1. The van der Waals surface area contributed by atoms with Crippen LogP contribution in [0, 0.1) is 22.7 Å². The van der Waals surface area contributed by atoms with Crippen molar-refractivity contribution in [2.24, 2.45) is 22.7 Å². The number of nitrogens with zero attached hydrogens (tertiary/aromatic N) is 2. The summed E-state index contributed by atoms with van der Waals surface area (Å²) in [5.41, 5.74) is 1.84. The van der Waals surface area contributed by atoms with Crippen molar-refractivity contribution in [2.45, 2.75) is 84.2 Å². The van der Waals surface area contributed by atoms with Gasteiger partial charge < -0.3 is 20.4 Å². The van der Waals surface area contributed by atoms with E-state index in [1.54, 1.807) is 0 Å². The molecule has 0 bridgehead atoms. The molecule has 0 radical (unpaired) electrons. The maximum absolute atomic E-state index is 12.7. The van der Waals surface area contributed by atoms with Crippen LogP contribution < -0.4 is 5.32 Å². The second-order valence-electron chi connectivity index (χ2n) is 14.0. The van der Waals surface area contributed by atoms with Crippen LogP contribution in [-0.4, -0.2) is 76.7 Å². The molecule has 5 rings (SSSR count). The number of hydrogen-bond acceptors (Lipinski definition) is 5. The Labute approximate surface area is 228 Å². The normalized spacial score (nSPS) is 33.3. The first kappa shape index (κ1) is 27.4. The first-order valence-corrected chi connectivity index (χ1v) is 14.7. The zero-order chi connectivity index (χ0) is 27.3.